The van der Waals surface area contributed by atoms with Crippen LogP contribution in [0.15, 0.2) is 34.7 Å². The van der Waals surface area contributed by atoms with Crippen LogP contribution in [0.5, 0.6) is 11.5 Å². The average molecular weight is 289 g/mol. The maximum Gasteiger partial charge on any atom is 0.160 e. The summed E-state index contributed by atoms with van der Waals surface area (Å²) in [6.45, 7) is 2.09. The minimum absolute atomic E-state index is 0.142. The number of ether oxygens (including phenoxy) is 2. The van der Waals surface area contributed by atoms with Crippen LogP contribution in [0.3, 0.4) is 0 Å². The number of nitrogens with one attached hydrogen (secondary N) is 1. The summed E-state index contributed by atoms with van der Waals surface area (Å²) < 4.78 is 16.5. The van der Waals surface area contributed by atoms with Gasteiger partial charge in [-0.1, -0.05) is 13.0 Å². The number of furan rings is 1. The first-order valence-electron chi connectivity index (χ1n) is 7.18. The summed E-state index contributed by atoms with van der Waals surface area (Å²) >= 11 is 0. The van der Waals surface area contributed by atoms with Crippen LogP contribution in [0.2, 0.25) is 0 Å². The Morgan fingerprint density at radius 1 is 1.10 bits per heavy atom. The molecule has 2 rings (SSSR count). The molecule has 1 aromatic carbocycles. The second-order valence-corrected chi connectivity index (χ2v) is 4.89. The summed E-state index contributed by atoms with van der Waals surface area (Å²) in [5.74, 6) is 3.47. The lowest BCUT2D eigenvalue weighted by molar-refractivity contribution is 0.354. The molecule has 0 radical (unpaired) electrons. The first-order chi connectivity index (χ1) is 10.2. The van der Waals surface area contributed by atoms with Gasteiger partial charge in [0, 0.05) is 6.42 Å². The molecule has 0 aliphatic rings. The van der Waals surface area contributed by atoms with Crippen LogP contribution < -0.4 is 14.8 Å². The second-order valence-electron chi connectivity index (χ2n) is 4.89. The summed E-state index contributed by atoms with van der Waals surface area (Å²) in [5.41, 5.74) is 1.17. The van der Waals surface area contributed by atoms with Crippen molar-refractivity contribution in [2.75, 3.05) is 21.3 Å². The fourth-order valence-electron chi connectivity index (χ4n) is 2.36. The Morgan fingerprint density at radius 3 is 2.43 bits per heavy atom. The van der Waals surface area contributed by atoms with Gasteiger partial charge in [0.05, 0.1) is 20.3 Å². The van der Waals surface area contributed by atoms with Gasteiger partial charge in [0.25, 0.3) is 0 Å². The van der Waals surface area contributed by atoms with Gasteiger partial charge in [0.2, 0.25) is 0 Å². The average Bonchev–Trinajstić information content (AvgIpc) is 3.01. The molecule has 1 atom stereocenters. The topological polar surface area (TPSA) is 43.6 Å². The molecular formula is C17H23NO3. The summed E-state index contributed by atoms with van der Waals surface area (Å²) in [6.07, 6.45) is 1.74. The van der Waals surface area contributed by atoms with E-state index in [-0.39, 0.29) is 6.04 Å². The quantitative estimate of drug-likeness (QED) is 0.849. The Balaban J connectivity index is 2.18. The predicted molar refractivity (Wildman–Crippen MR) is 83.1 cm³/mol. The van der Waals surface area contributed by atoms with Crippen LogP contribution >= 0.6 is 0 Å². The van der Waals surface area contributed by atoms with E-state index in [4.69, 9.17) is 13.9 Å². The van der Waals surface area contributed by atoms with Gasteiger partial charge in [-0.3, -0.25) is 0 Å². The Hall–Kier alpha value is -1.94. The van der Waals surface area contributed by atoms with Crippen molar-refractivity contribution in [3.05, 3.63) is 47.4 Å². The molecule has 0 fully saturated rings. The zero-order valence-electron chi connectivity index (χ0n) is 13.1. The number of hydrogen-bond donors (Lipinski definition) is 1. The SMILES string of the molecule is CCc1ccc(C(Cc2ccc(OC)c(OC)c2)NC)o1. The molecule has 4 nitrogen and oxygen atoms in total. The molecule has 0 bridgehead atoms. The zero-order chi connectivity index (χ0) is 15.2. The van der Waals surface area contributed by atoms with Crippen molar-refractivity contribution in [1.82, 2.24) is 5.32 Å². The highest BCUT2D eigenvalue weighted by Crippen LogP contribution is 2.29. The number of rotatable bonds is 7. The summed E-state index contributed by atoms with van der Waals surface area (Å²) in [4.78, 5) is 0. The monoisotopic (exact) mass is 289 g/mol. The van der Waals surface area contributed by atoms with Gasteiger partial charge in [-0.15, -0.1) is 0 Å². The number of methoxy groups -OCH3 is 2. The van der Waals surface area contributed by atoms with Crippen molar-refractivity contribution in [2.24, 2.45) is 0 Å². The summed E-state index contributed by atoms with van der Waals surface area (Å²) in [5, 5.41) is 3.30. The van der Waals surface area contributed by atoms with Gasteiger partial charge in [0.15, 0.2) is 11.5 Å². The predicted octanol–water partition coefficient (Wildman–Crippen LogP) is 3.36. The maximum absolute atomic E-state index is 5.84. The Bertz CT molecular complexity index is 577. The molecule has 0 saturated heterocycles. The van der Waals surface area contributed by atoms with Gasteiger partial charge in [-0.25, -0.2) is 0 Å². The molecular weight excluding hydrogens is 266 g/mol. The fourth-order valence-corrected chi connectivity index (χ4v) is 2.36. The number of likely N-dealkylation sites (N-methyl/N-ethyl adjacent to an activating group) is 1. The van der Waals surface area contributed by atoms with Crippen molar-refractivity contribution in [3.8, 4) is 11.5 Å². The third kappa shape index (κ3) is 3.58. The van der Waals surface area contributed by atoms with E-state index in [0.29, 0.717) is 0 Å². The van der Waals surface area contributed by atoms with Gasteiger partial charge in [0.1, 0.15) is 11.5 Å². The first-order valence-corrected chi connectivity index (χ1v) is 7.18. The number of hydrogen-bond acceptors (Lipinski definition) is 4. The summed E-state index contributed by atoms with van der Waals surface area (Å²) in [6, 6.07) is 10.2. The molecule has 0 saturated carbocycles. The lowest BCUT2D eigenvalue weighted by Crippen LogP contribution is -2.18. The highest BCUT2D eigenvalue weighted by Gasteiger charge is 2.15. The van der Waals surface area contributed by atoms with Gasteiger partial charge >= 0.3 is 0 Å². The molecule has 2 aromatic rings. The van der Waals surface area contributed by atoms with Crippen molar-refractivity contribution in [3.63, 3.8) is 0 Å². The third-order valence-corrected chi connectivity index (χ3v) is 3.61. The van der Waals surface area contributed by atoms with E-state index in [9.17, 15) is 0 Å². The van der Waals surface area contributed by atoms with E-state index in [1.807, 2.05) is 31.3 Å². The van der Waals surface area contributed by atoms with Crippen molar-refractivity contribution < 1.29 is 13.9 Å². The Labute approximate surface area is 126 Å². The molecule has 1 heterocycles. The van der Waals surface area contributed by atoms with Crippen LogP contribution in [0, 0.1) is 0 Å². The van der Waals surface area contributed by atoms with E-state index in [2.05, 4.69) is 18.3 Å². The minimum atomic E-state index is 0.142. The van der Waals surface area contributed by atoms with Gasteiger partial charge in [-0.05, 0) is 43.3 Å². The molecule has 1 N–H and O–H groups in total. The molecule has 0 aliphatic carbocycles. The van der Waals surface area contributed by atoms with Crippen LogP contribution in [0.4, 0.5) is 0 Å². The second kappa shape index (κ2) is 7.18. The molecule has 0 spiro atoms. The first kappa shape index (κ1) is 15.4. The van der Waals surface area contributed by atoms with E-state index in [1.54, 1.807) is 14.2 Å². The lowest BCUT2D eigenvalue weighted by Gasteiger charge is -2.15. The molecule has 4 heteroatoms. The molecule has 114 valence electrons. The van der Waals surface area contributed by atoms with E-state index in [0.717, 1.165) is 35.9 Å². The minimum Gasteiger partial charge on any atom is -0.493 e. The van der Waals surface area contributed by atoms with Gasteiger partial charge in [-0.2, -0.15) is 0 Å². The molecule has 0 amide bonds. The van der Waals surface area contributed by atoms with E-state index in [1.165, 1.54) is 5.56 Å². The van der Waals surface area contributed by atoms with Crippen LogP contribution in [0.25, 0.3) is 0 Å². The molecule has 1 aromatic heterocycles. The van der Waals surface area contributed by atoms with Gasteiger partial charge < -0.3 is 19.2 Å². The Kier molecular flexibility index (Phi) is 5.28. The smallest absolute Gasteiger partial charge is 0.160 e. The zero-order valence-corrected chi connectivity index (χ0v) is 13.1. The molecule has 1 unspecified atom stereocenters. The number of aryl methyl sites for hydroxylation is 1. The largest absolute Gasteiger partial charge is 0.493 e. The van der Waals surface area contributed by atoms with Crippen molar-refractivity contribution in [2.45, 2.75) is 25.8 Å². The highest BCUT2D eigenvalue weighted by atomic mass is 16.5. The van der Waals surface area contributed by atoms with E-state index < -0.39 is 0 Å². The van der Waals surface area contributed by atoms with Crippen LogP contribution in [-0.4, -0.2) is 21.3 Å². The number of benzene rings is 1. The highest BCUT2D eigenvalue weighted by molar-refractivity contribution is 5.43. The Morgan fingerprint density at radius 2 is 1.86 bits per heavy atom. The van der Waals surface area contributed by atoms with Crippen molar-refractivity contribution >= 4 is 0 Å². The standard InChI is InChI=1S/C17H23NO3/c1-5-13-7-9-15(21-13)14(18-2)10-12-6-8-16(19-3)17(11-12)20-4/h6-9,11,14,18H,5,10H2,1-4H3. The summed E-state index contributed by atoms with van der Waals surface area (Å²) in [7, 11) is 5.24. The van der Waals surface area contributed by atoms with Crippen LogP contribution in [-0.2, 0) is 12.8 Å². The van der Waals surface area contributed by atoms with Crippen molar-refractivity contribution in [1.29, 1.82) is 0 Å². The third-order valence-electron chi connectivity index (χ3n) is 3.61. The molecule has 0 aliphatic heterocycles. The van der Waals surface area contributed by atoms with E-state index >= 15 is 0 Å². The normalized spacial score (nSPS) is 12.2. The van der Waals surface area contributed by atoms with Crippen LogP contribution in [0.1, 0.15) is 30.0 Å². The lowest BCUT2D eigenvalue weighted by atomic mass is 10.0. The fraction of sp³-hybridized carbons (Fsp3) is 0.412. The molecule has 21 heavy (non-hydrogen) atoms. The maximum atomic E-state index is 5.84.